The quantitative estimate of drug-likeness (QED) is 0.447. The first kappa shape index (κ1) is 17.0. The highest BCUT2D eigenvalue weighted by Crippen LogP contribution is 2.22. The van der Waals surface area contributed by atoms with E-state index >= 15 is 0 Å². The lowest BCUT2D eigenvalue weighted by Crippen LogP contribution is -2.45. The van der Waals surface area contributed by atoms with E-state index in [1.807, 2.05) is 0 Å². The Morgan fingerprint density at radius 3 is 1.53 bits per heavy atom. The molecule has 0 bridgehead atoms. The molecule has 0 saturated heterocycles. The zero-order valence-corrected chi connectivity index (χ0v) is 13.0. The van der Waals surface area contributed by atoms with Crippen LogP contribution in [0, 0.1) is 0 Å². The van der Waals surface area contributed by atoms with Crippen molar-refractivity contribution in [3.8, 4) is 0 Å². The Kier molecular flexibility index (Phi) is 9.91. The predicted molar refractivity (Wildman–Crippen MR) is 79.6 cm³/mol. The average Bonchev–Trinajstić information content (AvgIpc) is 2.27. The van der Waals surface area contributed by atoms with E-state index in [9.17, 15) is 0 Å². The monoisotopic (exact) mass is 241 g/mol. The third-order valence-electron chi connectivity index (χ3n) is 3.78. The van der Waals surface area contributed by atoms with E-state index in [-0.39, 0.29) is 0 Å². The highest BCUT2D eigenvalue weighted by Gasteiger charge is 2.24. The second-order valence-corrected chi connectivity index (χ2v) is 5.96. The van der Waals surface area contributed by atoms with E-state index in [2.05, 4.69) is 39.5 Å². The van der Waals surface area contributed by atoms with Crippen molar-refractivity contribution in [1.82, 2.24) is 4.90 Å². The van der Waals surface area contributed by atoms with Gasteiger partial charge in [0, 0.05) is 5.54 Å². The van der Waals surface area contributed by atoms with Crippen molar-refractivity contribution in [3.63, 3.8) is 0 Å². The molecule has 0 aliphatic carbocycles. The number of hydrogen-bond acceptors (Lipinski definition) is 1. The van der Waals surface area contributed by atoms with Crippen molar-refractivity contribution in [1.29, 1.82) is 0 Å². The smallest absolute Gasteiger partial charge is 0.0153 e. The lowest BCUT2D eigenvalue weighted by Gasteiger charge is -2.39. The van der Waals surface area contributed by atoms with Crippen molar-refractivity contribution >= 4 is 0 Å². The van der Waals surface area contributed by atoms with Crippen LogP contribution in [0.2, 0.25) is 0 Å². The Labute approximate surface area is 110 Å². The van der Waals surface area contributed by atoms with Crippen LogP contribution in [-0.4, -0.2) is 23.5 Å². The van der Waals surface area contributed by atoms with Crippen LogP contribution >= 0.6 is 0 Å². The number of unbranched alkanes of at least 4 members (excludes halogenated alkanes) is 4. The molecule has 0 atom stereocenters. The van der Waals surface area contributed by atoms with Crippen LogP contribution in [0.3, 0.4) is 0 Å². The van der Waals surface area contributed by atoms with E-state index in [1.54, 1.807) is 0 Å². The Bertz CT molecular complexity index is 153. The Balaban J connectivity index is 4.16. The van der Waals surface area contributed by atoms with Gasteiger partial charge in [0.25, 0.3) is 0 Å². The summed E-state index contributed by atoms with van der Waals surface area (Å²) in [5.41, 5.74) is 0.399. The van der Waals surface area contributed by atoms with Gasteiger partial charge >= 0.3 is 0 Å². The molecule has 0 N–H and O–H groups in total. The molecular weight excluding hydrogens is 206 g/mol. The van der Waals surface area contributed by atoms with Gasteiger partial charge in [-0.1, -0.05) is 52.9 Å². The minimum Gasteiger partial charge on any atom is -0.298 e. The molecule has 0 fully saturated rings. The number of nitrogens with zero attached hydrogens (tertiary/aromatic N) is 1. The van der Waals surface area contributed by atoms with Gasteiger partial charge in [0.2, 0.25) is 0 Å². The van der Waals surface area contributed by atoms with Gasteiger partial charge < -0.3 is 0 Å². The minimum atomic E-state index is 0.399. The fourth-order valence-electron chi connectivity index (χ4n) is 2.59. The Morgan fingerprint density at radius 2 is 1.18 bits per heavy atom. The lowest BCUT2D eigenvalue weighted by atomic mass is 9.95. The van der Waals surface area contributed by atoms with Crippen molar-refractivity contribution < 1.29 is 0 Å². The largest absolute Gasteiger partial charge is 0.298 e. The molecule has 0 heterocycles. The fraction of sp³-hybridized carbons (Fsp3) is 1.00. The SMILES string of the molecule is CCCCCN(CCCCC)C(C)(C)CCC. The van der Waals surface area contributed by atoms with Crippen LogP contribution in [0.5, 0.6) is 0 Å². The van der Waals surface area contributed by atoms with Gasteiger partial charge in [-0.2, -0.15) is 0 Å². The van der Waals surface area contributed by atoms with Gasteiger partial charge in [-0.05, 0) is 46.2 Å². The third-order valence-corrected chi connectivity index (χ3v) is 3.78. The molecule has 1 heteroatoms. The lowest BCUT2D eigenvalue weighted by molar-refractivity contribution is 0.105. The standard InChI is InChI=1S/C16H35N/c1-6-9-11-14-17(15-12-10-7-2)16(4,5)13-8-3/h6-15H2,1-5H3. The van der Waals surface area contributed by atoms with Gasteiger partial charge in [-0.25, -0.2) is 0 Å². The van der Waals surface area contributed by atoms with Crippen LogP contribution in [0.4, 0.5) is 0 Å². The molecular formula is C16H35N. The molecule has 104 valence electrons. The van der Waals surface area contributed by atoms with Crippen molar-refractivity contribution in [2.24, 2.45) is 0 Å². The van der Waals surface area contributed by atoms with E-state index in [0.717, 1.165) is 0 Å². The maximum absolute atomic E-state index is 2.74. The van der Waals surface area contributed by atoms with Crippen molar-refractivity contribution in [2.45, 2.75) is 91.5 Å². The summed E-state index contributed by atoms with van der Waals surface area (Å²) in [5.74, 6) is 0. The molecule has 0 aliphatic rings. The maximum Gasteiger partial charge on any atom is 0.0153 e. The van der Waals surface area contributed by atoms with Gasteiger partial charge in [0.05, 0.1) is 0 Å². The molecule has 0 rings (SSSR count). The molecule has 0 spiro atoms. The highest BCUT2D eigenvalue weighted by molar-refractivity contribution is 4.81. The third kappa shape index (κ3) is 7.81. The molecule has 0 aromatic heterocycles. The normalized spacial score (nSPS) is 12.4. The molecule has 0 aromatic carbocycles. The predicted octanol–water partition coefficient (Wildman–Crippen LogP) is 5.25. The van der Waals surface area contributed by atoms with Crippen LogP contribution in [-0.2, 0) is 0 Å². The van der Waals surface area contributed by atoms with Crippen LogP contribution in [0.1, 0.15) is 86.0 Å². The number of hydrogen-bond donors (Lipinski definition) is 0. The molecule has 0 unspecified atom stereocenters. The second kappa shape index (κ2) is 9.94. The van der Waals surface area contributed by atoms with Gasteiger partial charge in [-0.3, -0.25) is 4.90 Å². The highest BCUT2D eigenvalue weighted by atomic mass is 15.2. The summed E-state index contributed by atoms with van der Waals surface area (Å²) in [5, 5.41) is 0. The topological polar surface area (TPSA) is 3.24 Å². The fourth-order valence-corrected chi connectivity index (χ4v) is 2.59. The van der Waals surface area contributed by atoms with E-state index < -0.39 is 0 Å². The molecule has 0 saturated carbocycles. The molecule has 1 nitrogen and oxygen atoms in total. The summed E-state index contributed by atoms with van der Waals surface area (Å²) in [7, 11) is 0. The zero-order valence-electron chi connectivity index (χ0n) is 13.0. The van der Waals surface area contributed by atoms with Gasteiger partial charge in [0.1, 0.15) is 0 Å². The van der Waals surface area contributed by atoms with Crippen LogP contribution < -0.4 is 0 Å². The maximum atomic E-state index is 2.74. The summed E-state index contributed by atoms with van der Waals surface area (Å²) in [6, 6.07) is 0. The molecule has 0 aromatic rings. The average molecular weight is 241 g/mol. The first-order valence-electron chi connectivity index (χ1n) is 7.83. The molecule has 17 heavy (non-hydrogen) atoms. The molecule has 0 radical (unpaired) electrons. The van der Waals surface area contributed by atoms with Crippen LogP contribution in [0.25, 0.3) is 0 Å². The second-order valence-electron chi connectivity index (χ2n) is 5.96. The van der Waals surface area contributed by atoms with Gasteiger partial charge in [0.15, 0.2) is 0 Å². The number of rotatable bonds is 11. The van der Waals surface area contributed by atoms with Gasteiger partial charge in [-0.15, -0.1) is 0 Å². The van der Waals surface area contributed by atoms with E-state index in [4.69, 9.17) is 0 Å². The molecule has 0 aliphatic heterocycles. The first-order valence-corrected chi connectivity index (χ1v) is 7.83. The summed E-state index contributed by atoms with van der Waals surface area (Å²) < 4.78 is 0. The van der Waals surface area contributed by atoms with E-state index in [1.165, 1.54) is 64.5 Å². The summed E-state index contributed by atoms with van der Waals surface area (Å²) in [6.45, 7) is 14.3. The summed E-state index contributed by atoms with van der Waals surface area (Å²) in [6.07, 6.45) is 10.8. The summed E-state index contributed by atoms with van der Waals surface area (Å²) >= 11 is 0. The van der Waals surface area contributed by atoms with Crippen molar-refractivity contribution in [3.05, 3.63) is 0 Å². The van der Waals surface area contributed by atoms with E-state index in [0.29, 0.717) is 5.54 Å². The summed E-state index contributed by atoms with van der Waals surface area (Å²) in [4.78, 5) is 2.74. The van der Waals surface area contributed by atoms with Crippen molar-refractivity contribution in [2.75, 3.05) is 13.1 Å². The Morgan fingerprint density at radius 1 is 0.706 bits per heavy atom. The van der Waals surface area contributed by atoms with Crippen LogP contribution in [0.15, 0.2) is 0 Å². The Hall–Kier alpha value is -0.0400. The molecule has 0 amide bonds. The first-order chi connectivity index (χ1) is 8.08. The zero-order chi connectivity index (χ0) is 13.1. The minimum absolute atomic E-state index is 0.399.